The number of amides is 3. The highest BCUT2D eigenvalue weighted by Crippen LogP contribution is 2.13. The third-order valence-electron chi connectivity index (χ3n) is 5.94. The SMILES string of the molecule is CC(C)C(N)C(=O)NC(Cc1ccc(O)cc1)C(=O)NC(Cc1ccccc1)C(=O)NC(CC(=O)O)C(=O)O. The number of nitrogens with two attached hydrogens (primary N) is 1. The Bertz CT molecular complexity index is 1150. The summed E-state index contributed by atoms with van der Waals surface area (Å²) in [4.78, 5) is 61.8. The predicted molar refractivity (Wildman–Crippen MR) is 140 cm³/mol. The zero-order valence-corrected chi connectivity index (χ0v) is 21.7. The third-order valence-corrected chi connectivity index (χ3v) is 5.94. The number of benzene rings is 2. The monoisotopic (exact) mass is 542 g/mol. The summed E-state index contributed by atoms with van der Waals surface area (Å²) < 4.78 is 0. The van der Waals surface area contributed by atoms with E-state index < -0.39 is 60.2 Å². The van der Waals surface area contributed by atoms with E-state index in [0.717, 1.165) is 0 Å². The van der Waals surface area contributed by atoms with Crippen LogP contribution in [0.2, 0.25) is 0 Å². The van der Waals surface area contributed by atoms with Gasteiger partial charge in [-0.05, 0) is 29.2 Å². The molecule has 0 saturated carbocycles. The highest BCUT2D eigenvalue weighted by atomic mass is 16.4. The minimum Gasteiger partial charge on any atom is -0.508 e. The van der Waals surface area contributed by atoms with E-state index in [4.69, 9.17) is 10.8 Å². The first-order valence-corrected chi connectivity index (χ1v) is 12.3. The Morgan fingerprint density at radius 1 is 0.718 bits per heavy atom. The molecule has 12 nitrogen and oxygen atoms in total. The number of hydrogen-bond acceptors (Lipinski definition) is 7. The molecule has 2 aromatic rings. The molecule has 2 aromatic carbocycles. The van der Waals surface area contributed by atoms with Gasteiger partial charge in [-0.2, -0.15) is 0 Å². The lowest BCUT2D eigenvalue weighted by Gasteiger charge is -2.26. The molecule has 0 aromatic heterocycles. The van der Waals surface area contributed by atoms with Crippen LogP contribution in [0, 0.1) is 5.92 Å². The number of carboxylic acids is 2. The Morgan fingerprint density at radius 2 is 1.18 bits per heavy atom. The first kappa shape index (κ1) is 30.8. The molecule has 3 amide bonds. The van der Waals surface area contributed by atoms with Crippen LogP contribution in [-0.2, 0) is 36.8 Å². The quantitative estimate of drug-likeness (QED) is 0.173. The fourth-order valence-electron chi connectivity index (χ4n) is 3.63. The second-order valence-corrected chi connectivity index (χ2v) is 9.45. The van der Waals surface area contributed by atoms with Gasteiger partial charge in [-0.15, -0.1) is 0 Å². The van der Waals surface area contributed by atoms with Crippen molar-refractivity contribution in [3.8, 4) is 5.75 Å². The van der Waals surface area contributed by atoms with Crippen LogP contribution in [-0.4, -0.2) is 69.1 Å². The zero-order chi connectivity index (χ0) is 29.1. The number of phenolic OH excluding ortho intramolecular Hbond substituents is 1. The van der Waals surface area contributed by atoms with Crippen LogP contribution < -0.4 is 21.7 Å². The van der Waals surface area contributed by atoms with Gasteiger partial charge in [0, 0.05) is 12.8 Å². The topological polar surface area (TPSA) is 208 Å². The first-order chi connectivity index (χ1) is 18.4. The summed E-state index contributed by atoms with van der Waals surface area (Å²) in [5.41, 5.74) is 7.19. The van der Waals surface area contributed by atoms with Crippen LogP contribution in [0.4, 0.5) is 0 Å². The Balaban J connectivity index is 2.33. The molecule has 0 fully saturated rings. The van der Waals surface area contributed by atoms with Gasteiger partial charge in [0.1, 0.15) is 23.9 Å². The lowest BCUT2D eigenvalue weighted by atomic mass is 10.0. The van der Waals surface area contributed by atoms with Crippen molar-refractivity contribution in [2.24, 2.45) is 11.7 Å². The zero-order valence-electron chi connectivity index (χ0n) is 21.7. The van der Waals surface area contributed by atoms with Crippen molar-refractivity contribution in [1.82, 2.24) is 16.0 Å². The van der Waals surface area contributed by atoms with E-state index in [0.29, 0.717) is 11.1 Å². The molecule has 0 aliphatic heterocycles. The number of aliphatic carboxylic acids is 2. The minimum atomic E-state index is -1.72. The van der Waals surface area contributed by atoms with E-state index in [1.54, 1.807) is 56.3 Å². The van der Waals surface area contributed by atoms with Crippen molar-refractivity contribution in [1.29, 1.82) is 0 Å². The molecule has 0 saturated heterocycles. The van der Waals surface area contributed by atoms with Crippen LogP contribution in [0.25, 0.3) is 0 Å². The normalized spacial score (nSPS) is 13.9. The first-order valence-electron chi connectivity index (χ1n) is 12.3. The van der Waals surface area contributed by atoms with E-state index in [9.17, 15) is 34.2 Å². The second-order valence-electron chi connectivity index (χ2n) is 9.45. The number of rotatable bonds is 14. The number of phenols is 1. The van der Waals surface area contributed by atoms with E-state index >= 15 is 0 Å². The van der Waals surface area contributed by atoms with E-state index in [1.807, 2.05) is 0 Å². The van der Waals surface area contributed by atoms with Gasteiger partial charge < -0.3 is 37.0 Å². The summed E-state index contributed by atoms with van der Waals surface area (Å²) in [5, 5.41) is 35.3. The van der Waals surface area contributed by atoms with Crippen molar-refractivity contribution < 1.29 is 39.3 Å². The number of carbonyl (C=O) groups is 5. The average Bonchev–Trinajstić information content (AvgIpc) is 2.88. The Hall–Kier alpha value is -4.45. The van der Waals surface area contributed by atoms with Crippen LogP contribution in [0.15, 0.2) is 54.6 Å². The molecular weight excluding hydrogens is 508 g/mol. The van der Waals surface area contributed by atoms with E-state index in [2.05, 4.69) is 16.0 Å². The van der Waals surface area contributed by atoms with Crippen LogP contribution in [0.1, 0.15) is 31.4 Å². The molecule has 0 spiro atoms. The molecule has 210 valence electrons. The number of nitrogens with one attached hydrogen (secondary N) is 3. The summed E-state index contributed by atoms with van der Waals surface area (Å²) in [5.74, 6) is -5.41. The second kappa shape index (κ2) is 14.5. The largest absolute Gasteiger partial charge is 0.508 e. The number of aromatic hydroxyl groups is 1. The molecule has 0 aliphatic carbocycles. The molecule has 4 unspecified atom stereocenters. The summed E-state index contributed by atoms with van der Waals surface area (Å²) in [6, 6.07) is 9.49. The highest BCUT2D eigenvalue weighted by molar-refractivity contribution is 5.95. The maximum Gasteiger partial charge on any atom is 0.326 e. The third kappa shape index (κ3) is 10.1. The number of hydrogen-bond donors (Lipinski definition) is 7. The molecule has 4 atom stereocenters. The molecule has 0 heterocycles. The molecule has 2 rings (SSSR count). The van der Waals surface area contributed by atoms with Crippen LogP contribution >= 0.6 is 0 Å². The van der Waals surface area contributed by atoms with Crippen molar-refractivity contribution >= 4 is 29.7 Å². The van der Waals surface area contributed by atoms with Crippen molar-refractivity contribution in [2.75, 3.05) is 0 Å². The highest BCUT2D eigenvalue weighted by Gasteiger charge is 2.31. The Labute approximate surface area is 225 Å². The fourth-order valence-corrected chi connectivity index (χ4v) is 3.63. The van der Waals surface area contributed by atoms with Crippen molar-refractivity contribution in [3.63, 3.8) is 0 Å². The van der Waals surface area contributed by atoms with E-state index in [1.165, 1.54) is 12.1 Å². The van der Waals surface area contributed by atoms with Gasteiger partial charge in [-0.25, -0.2) is 4.79 Å². The molecule has 8 N–H and O–H groups in total. The van der Waals surface area contributed by atoms with Gasteiger partial charge in [0.05, 0.1) is 12.5 Å². The van der Waals surface area contributed by atoms with Crippen LogP contribution in [0.5, 0.6) is 5.75 Å². The Morgan fingerprint density at radius 3 is 1.64 bits per heavy atom. The maximum absolute atomic E-state index is 13.4. The molecule has 12 heteroatoms. The molecule has 39 heavy (non-hydrogen) atoms. The smallest absolute Gasteiger partial charge is 0.326 e. The van der Waals surface area contributed by atoms with Gasteiger partial charge in [0.25, 0.3) is 0 Å². The van der Waals surface area contributed by atoms with Crippen LogP contribution in [0.3, 0.4) is 0 Å². The molecule has 0 bridgehead atoms. The minimum absolute atomic E-state index is 0.000883. The van der Waals surface area contributed by atoms with Gasteiger partial charge in [0.15, 0.2) is 0 Å². The summed E-state index contributed by atoms with van der Waals surface area (Å²) in [7, 11) is 0. The summed E-state index contributed by atoms with van der Waals surface area (Å²) >= 11 is 0. The Kier molecular flexibility index (Phi) is 11.4. The van der Waals surface area contributed by atoms with Gasteiger partial charge in [0.2, 0.25) is 17.7 Å². The molecule has 0 radical (unpaired) electrons. The van der Waals surface area contributed by atoms with Crippen molar-refractivity contribution in [2.45, 2.75) is 57.3 Å². The fraction of sp³-hybridized carbons (Fsp3) is 0.370. The summed E-state index contributed by atoms with van der Waals surface area (Å²) in [6.07, 6.45) is -0.901. The predicted octanol–water partition coefficient (Wildman–Crippen LogP) is 0.174. The number of carbonyl (C=O) groups excluding carboxylic acids is 3. The summed E-state index contributed by atoms with van der Waals surface area (Å²) in [6.45, 7) is 3.49. The molecular formula is C27H34N4O8. The maximum atomic E-state index is 13.4. The van der Waals surface area contributed by atoms with Crippen molar-refractivity contribution in [3.05, 3.63) is 65.7 Å². The average molecular weight is 543 g/mol. The number of carboxylic acid groups (broad SMARTS) is 2. The van der Waals surface area contributed by atoms with Gasteiger partial charge in [-0.3, -0.25) is 19.2 Å². The standard InChI is InChI=1S/C27H34N4O8/c1-15(2)23(28)26(37)30-20(13-17-8-10-18(32)11-9-17)24(35)29-19(12-16-6-4-3-5-7-16)25(36)31-21(27(38)39)14-22(33)34/h3-11,15,19-21,23,32H,12-14,28H2,1-2H3,(H,29,35)(H,30,37)(H,31,36)(H,33,34)(H,38,39). The lowest BCUT2D eigenvalue weighted by molar-refractivity contribution is -0.147. The molecule has 0 aliphatic rings. The van der Waals surface area contributed by atoms with E-state index in [-0.39, 0.29) is 24.5 Å². The van der Waals surface area contributed by atoms with Gasteiger partial charge >= 0.3 is 11.9 Å². The van der Waals surface area contributed by atoms with Gasteiger partial charge in [-0.1, -0.05) is 56.3 Å². The lowest BCUT2D eigenvalue weighted by Crippen LogP contribution is -2.58.